The molecule has 0 spiro atoms. The predicted octanol–water partition coefficient (Wildman–Crippen LogP) is 3.05. The highest BCUT2D eigenvalue weighted by atomic mass is 32.2. The molecule has 2 aromatic carbocycles. The standard InChI is InChI=1S/C19H17F3N4O5S/c20-19(21,22)11-1-3-12(4-2-11)23-18(27)25-9-15-16(10-25)17(15)24-32(30,31)14-7-5-13(6-8-14)26(28)29/h1-8,15-17,24H,9-10H2,(H,23,27)/t15-,16+,17?. The number of rotatable bonds is 5. The lowest BCUT2D eigenvalue weighted by Gasteiger charge is -2.21. The third-order valence-corrected chi connectivity index (χ3v) is 7.07. The number of nitro benzene ring substituents is 1. The Bertz CT molecular complexity index is 1140. The van der Waals surface area contributed by atoms with Crippen LogP contribution >= 0.6 is 0 Å². The fourth-order valence-corrected chi connectivity index (χ4v) is 5.14. The van der Waals surface area contributed by atoms with E-state index < -0.39 is 32.7 Å². The summed E-state index contributed by atoms with van der Waals surface area (Å²) >= 11 is 0. The van der Waals surface area contributed by atoms with Crippen LogP contribution in [0.2, 0.25) is 0 Å². The van der Waals surface area contributed by atoms with Crippen molar-refractivity contribution in [2.45, 2.75) is 17.1 Å². The lowest BCUT2D eigenvalue weighted by atomic mass is 10.2. The molecule has 1 aliphatic heterocycles. The van der Waals surface area contributed by atoms with Gasteiger partial charge in [0.05, 0.1) is 15.4 Å². The topological polar surface area (TPSA) is 122 Å². The largest absolute Gasteiger partial charge is 0.416 e. The van der Waals surface area contributed by atoms with Gasteiger partial charge in [-0.2, -0.15) is 13.2 Å². The highest BCUT2D eigenvalue weighted by Gasteiger charge is 2.58. The van der Waals surface area contributed by atoms with Crippen molar-refractivity contribution in [2.24, 2.45) is 11.8 Å². The molecule has 2 aromatic rings. The zero-order chi connectivity index (χ0) is 23.3. The highest BCUT2D eigenvalue weighted by Crippen LogP contribution is 2.46. The van der Waals surface area contributed by atoms with E-state index in [9.17, 15) is 36.5 Å². The van der Waals surface area contributed by atoms with E-state index in [1.54, 1.807) is 0 Å². The molecule has 170 valence electrons. The molecular weight excluding hydrogens is 453 g/mol. The number of sulfonamides is 1. The van der Waals surface area contributed by atoms with E-state index in [1.165, 1.54) is 17.0 Å². The van der Waals surface area contributed by atoms with Crippen molar-refractivity contribution in [3.05, 3.63) is 64.2 Å². The van der Waals surface area contributed by atoms with Crippen molar-refractivity contribution in [3.63, 3.8) is 0 Å². The summed E-state index contributed by atoms with van der Waals surface area (Å²) in [6.07, 6.45) is -4.46. The summed E-state index contributed by atoms with van der Waals surface area (Å²) in [6.45, 7) is 0.592. The number of likely N-dealkylation sites (tertiary alicyclic amines) is 1. The number of hydrogen-bond donors (Lipinski definition) is 2. The van der Waals surface area contributed by atoms with E-state index in [1.807, 2.05) is 0 Å². The predicted molar refractivity (Wildman–Crippen MR) is 106 cm³/mol. The Hall–Kier alpha value is -3.19. The fraction of sp³-hybridized carbons (Fsp3) is 0.316. The Morgan fingerprint density at radius 2 is 1.59 bits per heavy atom. The van der Waals surface area contributed by atoms with Crippen LogP contribution in [-0.2, 0) is 16.2 Å². The van der Waals surface area contributed by atoms with E-state index in [0.717, 1.165) is 36.4 Å². The van der Waals surface area contributed by atoms with Crippen LogP contribution in [0.25, 0.3) is 0 Å². The molecule has 4 rings (SSSR count). The first kappa shape index (κ1) is 22.0. The van der Waals surface area contributed by atoms with E-state index >= 15 is 0 Å². The van der Waals surface area contributed by atoms with Gasteiger partial charge in [0.2, 0.25) is 10.0 Å². The van der Waals surface area contributed by atoms with Crippen LogP contribution in [0.15, 0.2) is 53.4 Å². The molecule has 2 N–H and O–H groups in total. The minimum Gasteiger partial charge on any atom is -0.324 e. The van der Waals surface area contributed by atoms with Crippen molar-refractivity contribution in [3.8, 4) is 0 Å². The Morgan fingerprint density at radius 1 is 1.03 bits per heavy atom. The Kier molecular flexibility index (Phi) is 5.33. The van der Waals surface area contributed by atoms with E-state index in [2.05, 4.69) is 10.0 Å². The molecule has 0 bridgehead atoms. The summed E-state index contributed by atoms with van der Waals surface area (Å²) in [5.41, 5.74) is -0.818. The summed E-state index contributed by atoms with van der Waals surface area (Å²) in [5, 5.41) is 13.2. The molecule has 0 aromatic heterocycles. The quantitative estimate of drug-likeness (QED) is 0.514. The van der Waals surface area contributed by atoms with Gasteiger partial charge in [-0.25, -0.2) is 17.9 Å². The van der Waals surface area contributed by atoms with Crippen molar-refractivity contribution in [1.29, 1.82) is 0 Å². The van der Waals surface area contributed by atoms with E-state index in [-0.39, 0.29) is 34.1 Å². The molecule has 9 nitrogen and oxygen atoms in total. The lowest BCUT2D eigenvalue weighted by Crippen LogP contribution is -2.39. The van der Waals surface area contributed by atoms with Crippen molar-refractivity contribution in [1.82, 2.24) is 9.62 Å². The van der Waals surface area contributed by atoms with Crippen LogP contribution in [0.3, 0.4) is 0 Å². The van der Waals surface area contributed by atoms with Gasteiger partial charge < -0.3 is 10.2 Å². The molecule has 1 saturated carbocycles. The number of nitrogens with zero attached hydrogens (tertiary/aromatic N) is 2. The van der Waals surface area contributed by atoms with Crippen LogP contribution < -0.4 is 10.0 Å². The average molecular weight is 470 g/mol. The number of nitrogens with one attached hydrogen (secondary N) is 2. The number of hydrogen-bond acceptors (Lipinski definition) is 5. The Labute approximate surface area is 180 Å². The number of piperidine rings is 1. The summed E-state index contributed by atoms with van der Waals surface area (Å²) in [5.74, 6) is -0.164. The second-order valence-corrected chi connectivity index (χ2v) is 9.35. The number of anilines is 1. The molecule has 1 aliphatic carbocycles. The number of carbonyl (C=O) groups is 1. The van der Waals surface area contributed by atoms with Gasteiger partial charge in [-0.1, -0.05) is 0 Å². The minimum absolute atomic E-state index is 0.0822. The second-order valence-electron chi connectivity index (χ2n) is 7.64. The highest BCUT2D eigenvalue weighted by molar-refractivity contribution is 7.89. The van der Waals surface area contributed by atoms with Gasteiger partial charge in [0, 0.05) is 37.0 Å². The Morgan fingerprint density at radius 3 is 2.09 bits per heavy atom. The van der Waals surface area contributed by atoms with Crippen molar-refractivity contribution in [2.75, 3.05) is 18.4 Å². The number of alkyl halides is 3. The molecule has 1 heterocycles. The van der Waals surface area contributed by atoms with Crippen molar-refractivity contribution < 1.29 is 31.3 Å². The van der Waals surface area contributed by atoms with Gasteiger partial charge in [0.25, 0.3) is 5.69 Å². The van der Waals surface area contributed by atoms with Gasteiger partial charge in [-0.15, -0.1) is 0 Å². The summed E-state index contributed by atoms with van der Waals surface area (Å²) in [6, 6.07) is 7.77. The lowest BCUT2D eigenvalue weighted by molar-refractivity contribution is -0.384. The first-order chi connectivity index (χ1) is 15.0. The van der Waals surface area contributed by atoms with Crippen molar-refractivity contribution >= 4 is 27.4 Å². The number of amides is 2. The molecule has 3 atom stereocenters. The normalized spacial score (nSPS) is 22.3. The second kappa shape index (κ2) is 7.74. The molecule has 13 heteroatoms. The summed E-state index contributed by atoms with van der Waals surface area (Å²) in [7, 11) is -3.87. The maximum Gasteiger partial charge on any atom is 0.416 e. The zero-order valence-corrected chi connectivity index (χ0v) is 17.1. The van der Waals surface area contributed by atoms with E-state index in [4.69, 9.17) is 0 Å². The fourth-order valence-electron chi connectivity index (χ4n) is 3.81. The van der Waals surface area contributed by atoms with Gasteiger partial charge in [0.1, 0.15) is 0 Å². The number of halogens is 3. The third-order valence-electron chi connectivity index (χ3n) is 5.59. The summed E-state index contributed by atoms with van der Waals surface area (Å²) < 4.78 is 65.4. The van der Waals surface area contributed by atoms with Crippen LogP contribution in [0.5, 0.6) is 0 Å². The number of carbonyl (C=O) groups excluding carboxylic acids is 1. The van der Waals surface area contributed by atoms with Gasteiger partial charge in [-0.3, -0.25) is 10.1 Å². The van der Waals surface area contributed by atoms with Crippen LogP contribution in [0, 0.1) is 22.0 Å². The molecule has 2 aliphatic rings. The SMILES string of the molecule is O=C(Nc1ccc(C(F)(F)F)cc1)N1C[C@@H]2C(NS(=O)(=O)c3ccc([N+](=O)[O-])cc3)[C@@H]2C1. The van der Waals surface area contributed by atoms with Gasteiger partial charge in [0.15, 0.2) is 0 Å². The number of urea groups is 1. The van der Waals surface area contributed by atoms with Crippen LogP contribution in [-0.4, -0.2) is 43.4 Å². The molecule has 2 fully saturated rings. The van der Waals surface area contributed by atoms with Crippen LogP contribution in [0.1, 0.15) is 5.56 Å². The smallest absolute Gasteiger partial charge is 0.324 e. The minimum atomic E-state index is -4.46. The maximum atomic E-state index is 12.6. The molecule has 1 saturated heterocycles. The number of fused-ring (bicyclic) bond motifs is 1. The molecule has 2 amide bonds. The molecule has 1 unspecified atom stereocenters. The molecule has 32 heavy (non-hydrogen) atoms. The number of non-ortho nitro benzene ring substituents is 1. The number of nitro groups is 1. The molecule has 0 radical (unpaired) electrons. The van der Waals surface area contributed by atoms with Crippen LogP contribution in [0.4, 0.5) is 29.3 Å². The monoisotopic (exact) mass is 470 g/mol. The number of benzene rings is 2. The first-order valence-corrected chi connectivity index (χ1v) is 10.9. The van der Waals surface area contributed by atoms with Gasteiger partial charge in [-0.05, 0) is 48.2 Å². The zero-order valence-electron chi connectivity index (χ0n) is 16.2. The first-order valence-electron chi connectivity index (χ1n) is 9.46. The van der Waals surface area contributed by atoms with E-state index in [0.29, 0.717) is 13.1 Å². The van der Waals surface area contributed by atoms with Gasteiger partial charge >= 0.3 is 12.2 Å². The summed E-state index contributed by atoms with van der Waals surface area (Å²) in [4.78, 5) is 23.8. The third kappa shape index (κ3) is 4.39. The average Bonchev–Trinajstić information content (AvgIpc) is 3.15. The molecular formula is C19H17F3N4O5S. The maximum absolute atomic E-state index is 12.6. The Balaban J connectivity index is 1.30.